The van der Waals surface area contributed by atoms with E-state index in [1.54, 1.807) is 0 Å². The first-order valence-electron chi connectivity index (χ1n) is 7.82. The molecule has 1 atom stereocenters. The van der Waals surface area contributed by atoms with E-state index in [2.05, 4.69) is 26.2 Å². The van der Waals surface area contributed by atoms with Gasteiger partial charge in [-0.3, -0.25) is 0 Å². The van der Waals surface area contributed by atoms with Gasteiger partial charge in [0.05, 0.1) is 18.1 Å². The van der Waals surface area contributed by atoms with E-state index in [9.17, 15) is 4.79 Å². The molecule has 3 rings (SSSR count). The third-order valence-electron chi connectivity index (χ3n) is 3.86. The first-order valence-corrected chi connectivity index (χ1v) is 8.61. The Morgan fingerprint density at radius 3 is 2.96 bits per heavy atom. The highest BCUT2D eigenvalue weighted by Gasteiger charge is 2.32. The maximum atomic E-state index is 12.4. The standard InChI is InChI=1S/C16H21BrN4O2/c1-16(2,3)23-15(22)20-8-4-5-12(20)10-21-14-9-11(17)6-7-13(14)18-19-21/h6-7,9,12H,4-5,8,10H2,1-3H3. The van der Waals surface area contributed by atoms with Crippen molar-refractivity contribution in [3.8, 4) is 0 Å². The zero-order valence-electron chi connectivity index (χ0n) is 13.6. The van der Waals surface area contributed by atoms with Crippen molar-refractivity contribution in [2.75, 3.05) is 6.54 Å². The Kier molecular flexibility index (Phi) is 4.31. The molecule has 23 heavy (non-hydrogen) atoms. The van der Waals surface area contributed by atoms with E-state index in [1.807, 2.05) is 48.6 Å². The molecule has 0 saturated carbocycles. The number of ether oxygens (including phenoxy) is 1. The van der Waals surface area contributed by atoms with Crippen LogP contribution in [0.25, 0.3) is 11.0 Å². The summed E-state index contributed by atoms with van der Waals surface area (Å²) < 4.78 is 8.37. The van der Waals surface area contributed by atoms with Crippen molar-refractivity contribution in [2.24, 2.45) is 0 Å². The van der Waals surface area contributed by atoms with Crippen LogP contribution in [0.4, 0.5) is 4.79 Å². The minimum Gasteiger partial charge on any atom is -0.444 e. The molecular formula is C16H21BrN4O2. The number of carbonyl (C=O) groups is 1. The number of benzene rings is 1. The predicted molar refractivity (Wildman–Crippen MR) is 91.2 cm³/mol. The molecule has 1 unspecified atom stereocenters. The highest BCUT2D eigenvalue weighted by molar-refractivity contribution is 9.10. The Balaban J connectivity index is 1.78. The van der Waals surface area contributed by atoms with Crippen LogP contribution < -0.4 is 0 Å². The van der Waals surface area contributed by atoms with Gasteiger partial charge in [0.15, 0.2) is 0 Å². The minimum absolute atomic E-state index is 0.0914. The lowest BCUT2D eigenvalue weighted by atomic mass is 10.2. The largest absolute Gasteiger partial charge is 0.444 e. The number of rotatable bonds is 2. The van der Waals surface area contributed by atoms with Gasteiger partial charge >= 0.3 is 6.09 Å². The minimum atomic E-state index is -0.477. The monoisotopic (exact) mass is 380 g/mol. The molecule has 6 nitrogen and oxygen atoms in total. The molecule has 1 fully saturated rings. The molecule has 1 aliphatic heterocycles. The van der Waals surface area contributed by atoms with Gasteiger partial charge in [0.1, 0.15) is 11.1 Å². The molecule has 2 aromatic rings. The number of carbonyl (C=O) groups excluding carboxylic acids is 1. The summed E-state index contributed by atoms with van der Waals surface area (Å²) >= 11 is 3.48. The van der Waals surface area contributed by atoms with Gasteiger partial charge in [-0.25, -0.2) is 9.48 Å². The summed E-state index contributed by atoms with van der Waals surface area (Å²) in [7, 11) is 0. The van der Waals surface area contributed by atoms with E-state index in [1.165, 1.54) is 0 Å². The zero-order valence-corrected chi connectivity index (χ0v) is 15.2. The van der Waals surface area contributed by atoms with Crippen molar-refractivity contribution < 1.29 is 9.53 Å². The molecule has 2 heterocycles. The van der Waals surface area contributed by atoms with Gasteiger partial charge in [-0.15, -0.1) is 5.10 Å². The molecule has 0 N–H and O–H groups in total. The van der Waals surface area contributed by atoms with Gasteiger partial charge in [-0.05, 0) is 51.8 Å². The quantitative estimate of drug-likeness (QED) is 0.798. The average Bonchev–Trinajstić information content (AvgIpc) is 3.05. The molecule has 1 saturated heterocycles. The predicted octanol–water partition coefficient (Wildman–Crippen LogP) is 3.59. The fourth-order valence-corrected chi connectivity index (χ4v) is 3.21. The van der Waals surface area contributed by atoms with Crippen LogP contribution in [-0.4, -0.2) is 44.2 Å². The number of likely N-dealkylation sites (tertiary alicyclic amines) is 1. The molecule has 1 aromatic carbocycles. The van der Waals surface area contributed by atoms with Crippen molar-refractivity contribution in [3.63, 3.8) is 0 Å². The Hall–Kier alpha value is -1.63. The molecule has 0 radical (unpaired) electrons. The third-order valence-corrected chi connectivity index (χ3v) is 4.36. The molecule has 1 aromatic heterocycles. The maximum Gasteiger partial charge on any atom is 0.410 e. The van der Waals surface area contributed by atoms with Gasteiger partial charge in [0.2, 0.25) is 0 Å². The van der Waals surface area contributed by atoms with Crippen LogP contribution in [0.3, 0.4) is 0 Å². The molecule has 0 bridgehead atoms. The lowest BCUT2D eigenvalue weighted by Gasteiger charge is -2.28. The van der Waals surface area contributed by atoms with Crippen LogP contribution in [0.5, 0.6) is 0 Å². The maximum absolute atomic E-state index is 12.4. The summed E-state index contributed by atoms with van der Waals surface area (Å²) in [6, 6.07) is 5.98. The summed E-state index contributed by atoms with van der Waals surface area (Å²) in [6.07, 6.45) is 1.69. The molecular weight excluding hydrogens is 360 g/mol. The molecule has 7 heteroatoms. The second-order valence-electron chi connectivity index (χ2n) is 6.87. The van der Waals surface area contributed by atoms with Crippen LogP contribution in [0, 0.1) is 0 Å². The third kappa shape index (κ3) is 3.65. The first-order chi connectivity index (χ1) is 10.8. The van der Waals surface area contributed by atoms with Crippen molar-refractivity contribution in [1.82, 2.24) is 19.9 Å². The summed E-state index contributed by atoms with van der Waals surface area (Å²) in [6.45, 7) is 7.03. The average molecular weight is 381 g/mol. The number of fused-ring (bicyclic) bond motifs is 1. The molecule has 124 valence electrons. The Morgan fingerprint density at radius 1 is 1.43 bits per heavy atom. The van der Waals surface area contributed by atoms with Gasteiger partial charge in [0, 0.05) is 11.0 Å². The van der Waals surface area contributed by atoms with E-state index in [4.69, 9.17) is 4.74 Å². The van der Waals surface area contributed by atoms with Crippen molar-refractivity contribution in [1.29, 1.82) is 0 Å². The van der Waals surface area contributed by atoms with Crippen LogP contribution >= 0.6 is 15.9 Å². The summed E-state index contributed by atoms with van der Waals surface area (Å²) in [5.74, 6) is 0. The van der Waals surface area contributed by atoms with Gasteiger partial charge in [0.25, 0.3) is 0 Å². The normalized spacial score (nSPS) is 18.6. The van der Waals surface area contributed by atoms with Crippen LogP contribution in [0.1, 0.15) is 33.6 Å². The van der Waals surface area contributed by atoms with Gasteiger partial charge < -0.3 is 9.64 Å². The second kappa shape index (κ2) is 6.11. The smallest absolute Gasteiger partial charge is 0.410 e. The van der Waals surface area contributed by atoms with Gasteiger partial charge in [-0.2, -0.15) is 0 Å². The van der Waals surface area contributed by atoms with E-state index in [-0.39, 0.29) is 12.1 Å². The zero-order chi connectivity index (χ0) is 16.6. The lowest BCUT2D eigenvalue weighted by molar-refractivity contribution is 0.0212. The number of hydrogen-bond donors (Lipinski definition) is 0. The summed E-state index contributed by atoms with van der Waals surface area (Å²) in [5, 5.41) is 8.42. The molecule has 0 spiro atoms. The fourth-order valence-electron chi connectivity index (χ4n) is 2.86. The van der Waals surface area contributed by atoms with Crippen molar-refractivity contribution in [3.05, 3.63) is 22.7 Å². The van der Waals surface area contributed by atoms with E-state index >= 15 is 0 Å². The summed E-state index contributed by atoms with van der Waals surface area (Å²) in [5.41, 5.74) is 1.35. The first kappa shape index (κ1) is 16.2. The van der Waals surface area contributed by atoms with Gasteiger partial charge in [-0.1, -0.05) is 21.1 Å². The van der Waals surface area contributed by atoms with Crippen LogP contribution in [-0.2, 0) is 11.3 Å². The van der Waals surface area contributed by atoms with Crippen molar-refractivity contribution in [2.45, 2.75) is 51.8 Å². The van der Waals surface area contributed by atoms with Crippen LogP contribution in [0.15, 0.2) is 22.7 Å². The second-order valence-corrected chi connectivity index (χ2v) is 7.79. The molecule has 1 aliphatic rings. The number of amides is 1. The van der Waals surface area contributed by atoms with Crippen molar-refractivity contribution >= 4 is 33.1 Å². The number of hydrogen-bond acceptors (Lipinski definition) is 4. The highest BCUT2D eigenvalue weighted by atomic mass is 79.9. The SMILES string of the molecule is CC(C)(C)OC(=O)N1CCCC1Cn1nnc2ccc(Br)cc21. The Bertz CT molecular complexity index is 722. The Labute approximate surface area is 143 Å². The molecule has 0 aliphatic carbocycles. The molecule has 1 amide bonds. The number of nitrogens with zero attached hydrogens (tertiary/aromatic N) is 4. The van der Waals surface area contributed by atoms with E-state index < -0.39 is 5.60 Å². The topological polar surface area (TPSA) is 60.2 Å². The van der Waals surface area contributed by atoms with E-state index in [0.29, 0.717) is 6.54 Å². The van der Waals surface area contributed by atoms with E-state index in [0.717, 1.165) is 34.9 Å². The fraction of sp³-hybridized carbons (Fsp3) is 0.562. The van der Waals surface area contributed by atoms with Crippen LogP contribution in [0.2, 0.25) is 0 Å². The Morgan fingerprint density at radius 2 is 2.22 bits per heavy atom. The number of halogens is 1. The summed E-state index contributed by atoms with van der Waals surface area (Å²) in [4.78, 5) is 14.2. The highest BCUT2D eigenvalue weighted by Crippen LogP contribution is 2.24. The lowest BCUT2D eigenvalue weighted by Crippen LogP contribution is -2.41. The number of aromatic nitrogens is 3.